The Labute approximate surface area is 183 Å². The number of hydrogen-bond donors (Lipinski definition) is 0. The van der Waals surface area contributed by atoms with Gasteiger partial charge in [-0.05, 0) is 67.1 Å². The third kappa shape index (κ3) is 3.61. The number of hydrazone groups is 1. The van der Waals surface area contributed by atoms with Crippen molar-refractivity contribution < 1.29 is 18.3 Å². The normalized spacial score (nSPS) is 19.4. The van der Waals surface area contributed by atoms with Gasteiger partial charge in [-0.15, -0.1) is 0 Å². The van der Waals surface area contributed by atoms with Gasteiger partial charge in [-0.3, -0.25) is 0 Å². The zero-order chi connectivity index (χ0) is 21.5. The number of rotatable bonds is 4. The van der Waals surface area contributed by atoms with E-state index in [1.54, 1.807) is 17.1 Å². The van der Waals surface area contributed by atoms with E-state index in [4.69, 9.17) is 26.2 Å². The van der Waals surface area contributed by atoms with Gasteiger partial charge in [0.05, 0.1) is 18.4 Å². The second kappa shape index (κ2) is 7.85. The van der Waals surface area contributed by atoms with E-state index < -0.39 is 17.9 Å². The molecule has 2 aliphatic rings. The minimum Gasteiger partial charge on any atom is -0.494 e. The van der Waals surface area contributed by atoms with Crippen molar-refractivity contribution in [1.82, 2.24) is 5.01 Å². The van der Waals surface area contributed by atoms with Crippen LogP contribution in [0.25, 0.3) is 0 Å². The second-order valence-corrected chi connectivity index (χ2v) is 7.87. The summed E-state index contributed by atoms with van der Waals surface area (Å²) in [5.74, 6) is -0.371. The Morgan fingerprint density at radius 2 is 1.87 bits per heavy atom. The largest absolute Gasteiger partial charge is 0.494 e. The minimum absolute atomic E-state index is 0.137. The fourth-order valence-electron chi connectivity index (χ4n) is 4.03. The summed E-state index contributed by atoms with van der Waals surface area (Å²) in [6.07, 6.45) is -0.0563. The molecule has 0 saturated carbocycles. The summed E-state index contributed by atoms with van der Waals surface area (Å²) in [5, 5.41) is 7.22. The summed E-state index contributed by atoms with van der Waals surface area (Å²) in [6.45, 7) is 2.54. The van der Waals surface area contributed by atoms with Gasteiger partial charge in [-0.2, -0.15) is 5.10 Å². The van der Waals surface area contributed by atoms with Crippen LogP contribution in [0.2, 0.25) is 5.02 Å². The van der Waals surface area contributed by atoms with Crippen molar-refractivity contribution in [2.45, 2.75) is 25.6 Å². The highest BCUT2D eigenvalue weighted by Gasteiger charge is 2.41. The lowest BCUT2D eigenvalue weighted by Crippen LogP contribution is -2.33. The van der Waals surface area contributed by atoms with Gasteiger partial charge < -0.3 is 9.47 Å². The molecule has 0 aliphatic carbocycles. The van der Waals surface area contributed by atoms with E-state index in [-0.39, 0.29) is 6.04 Å². The molecule has 4 nitrogen and oxygen atoms in total. The first kappa shape index (κ1) is 19.8. The molecule has 0 spiro atoms. The van der Waals surface area contributed by atoms with Crippen LogP contribution in [0, 0.1) is 11.6 Å². The molecule has 0 aromatic heterocycles. The zero-order valence-electron chi connectivity index (χ0n) is 16.7. The molecule has 31 heavy (non-hydrogen) atoms. The average Bonchev–Trinajstić information content (AvgIpc) is 3.22. The van der Waals surface area contributed by atoms with Gasteiger partial charge in [0.15, 0.2) is 11.6 Å². The molecule has 2 atom stereocenters. The highest BCUT2D eigenvalue weighted by molar-refractivity contribution is 6.30. The Bertz CT molecular complexity index is 1170. The number of nitrogens with zero attached hydrogens (tertiary/aromatic N) is 2. The van der Waals surface area contributed by atoms with Crippen molar-refractivity contribution >= 4 is 17.3 Å². The molecule has 2 unspecified atom stereocenters. The molecule has 0 bridgehead atoms. The summed E-state index contributed by atoms with van der Waals surface area (Å²) in [5.41, 5.74) is 3.24. The predicted octanol–water partition coefficient (Wildman–Crippen LogP) is 6.26. The minimum atomic E-state index is -0.922. The molecule has 2 aliphatic heterocycles. The molecule has 0 N–H and O–H groups in total. The fraction of sp³-hybridized carbons (Fsp3) is 0.208. The van der Waals surface area contributed by atoms with E-state index in [1.807, 2.05) is 37.3 Å². The number of benzene rings is 3. The lowest BCUT2D eigenvalue weighted by atomic mass is 9.96. The molecule has 158 valence electrons. The lowest BCUT2D eigenvalue weighted by Gasteiger charge is -2.38. The van der Waals surface area contributed by atoms with E-state index in [9.17, 15) is 8.78 Å². The fourth-order valence-corrected chi connectivity index (χ4v) is 4.21. The Morgan fingerprint density at radius 3 is 2.61 bits per heavy atom. The molecular weight excluding hydrogens is 422 g/mol. The Balaban J connectivity index is 1.55. The van der Waals surface area contributed by atoms with Gasteiger partial charge in [0.1, 0.15) is 11.5 Å². The molecule has 3 aromatic carbocycles. The van der Waals surface area contributed by atoms with Crippen molar-refractivity contribution in [2.24, 2.45) is 5.10 Å². The van der Waals surface area contributed by atoms with Gasteiger partial charge in [0, 0.05) is 22.6 Å². The smallest absolute Gasteiger partial charge is 0.213 e. The maximum atomic E-state index is 14.0. The topological polar surface area (TPSA) is 34.1 Å². The van der Waals surface area contributed by atoms with E-state index in [2.05, 4.69) is 0 Å². The van der Waals surface area contributed by atoms with Crippen molar-refractivity contribution in [1.29, 1.82) is 0 Å². The lowest BCUT2D eigenvalue weighted by molar-refractivity contribution is -0.0192. The maximum Gasteiger partial charge on any atom is 0.213 e. The molecular formula is C24H19ClF2N2O2. The van der Waals surface area contributed by atoms with Crippen LogP contribution in [-0.2, 0) is 0 Å². The van der Waals surface area contributed by atoms with E-state index in [0.29, 0.717) is 29.4 Å². The highest BCUT2D eigenvalue weighted by Crippen LogP contribution is 2.48. The summed E-state index contributed by atoms with van der Waals surface area (Å²) in [4.78, 5) is 0. The standard InChI is InChI=1S/C24H19ClF2N2O2/c1-2-30-17-7-3-14(4-8-17)21-13-22-18-12-16(25)6-10-23(18)31-24(29(22)28-21)15-5-9-19(26)20(27)11-15/h3-12,22,24H,2,13H2,1H3. The van der Waals surface area contributed by atoms with Gasteiger partial charge in [-0.25, -0.2) is 13.8 Å². The number of halogens is 3. The van der Waals surface area contributed by atoms with Crippen LogP contribution in [0.3, 0.4) is 0 Å². The molecule has 7 heteroatoms. The summed E-state index contributed by atoms with van der Waals surface area (Å²) in [7, 11) is 0. The van der Waals surface area contributed by atoms with Crippen LogP contribution < -0.4 is 9.47 Å². The molecule has 2 heterocycles. The number of ether oxygens (including phenoxy) is 2. The number of hydrogen-bond acceptors (Lipinski definition) is 4. The highest BCUT2D eigenvalue weighted by atomic mass is 35.5. The zero-order valence-corrected chi connectivity index (χ0v) is 17.4. The number of fused-ring (bicyclic) bond motifs is 3. The molecule has 0 radical (unpaired) electrons. The van der Waals surface area contributed by atoms with Crippen molar-refractivity contribution in [3.8, 4) is 11.5 Å². The SMILES string of the molecule is CCOc1ccc(C2=NN3C(C2)c2cc(Cl)ccc2OC3c2ccc(F)c(F)c2)cc1. The van der Waals surface area contributed by atoms with Crippen LogP contribution in [0.1, 0.15) is 42.3 Å². The van der Waals surface area contributed by atoms with E-state index >= 15 is 0 Å². The van der Waals surface area contributed by atoms with Gasteiger partial charge >= 0.3 is 0 Å². The Hall–Kier alpha value is -3.12. The van der Waals surface area contributed by atoms with Crippen LogP contribution >= 0.6 is 11.6 Å². The first-order valence-corrected chi connectivity index (χ1v) is 10.4. The average molecular weight is 441 g/mol. The van der Waals surface area contributed by atoms with Crippen molar-refractivity contribution in [3.05, 3.63) is 94.0 Å². The first-order valence-electron chi connectivity index (χ1n) is 10.0. The summed E-state index contributed by atoms with van der Waals surface area (Å²) < 4.78 is 39.2. The van der Waals surface area contributed by atoms with Crippen LogP contribution in [0.4, 0.5) is 8.78 Å². The third-order valence-electron chi connectivity index (χ3n) is 5.48. The maximum absolute atomic E-state index is 14.0. The molecule has 0 amide bonds. The first-order chi connectivity index (χ1) is 15.0. The predicted molar refractivity (Wildman–Crippen MR) is 115 cm³/mol. The molecule has 0 saturated heterocycles. The Morgan fingerprint density at radius 1 is 1.06 bits per heavy atom. The van der Waals surface area contributed by atoms with E-state index in [1.165, 1.54) is 6.07 Å². The summed E-state index contributed by atoms with van der Waals surface area (Å²) >= 11 is 6.24. The quantitative estimate of drug-likeness (QED) is 0.480. The molecule has 5 rings (SSSR count). The van der Waals surface area contributed by atoms with Gasteiger partial charge in [0.25, 0.3) is 0 Å². The van der Waals surface area contributed by atoms with Crippen LogP contribution in [-0.4, -0.2) is 17.3 Å². The molecule has 3 aromatic rings. The molecule has 0 fully saturated rings. The van der Waals surface area contributed by atoms with Crippen molar-refractivity contribution in [2.75, 3.05) is 6.61 Å². The third-order valence-corrected chi connectivity index (χ3v) is 5.71. The van der Waals surface area contributed by atoms with Crippen LogP contribution in [0.5, 0.6) is 11.5 Å². The monoisotopic (exact) mass is 440 g/mol. The van der Waals surface area contributed by atoms with Crippen molar-refractivity contribution in [3.63, 3.8) is 0 Å². The van der Waals surface area contributed by atoms with Gasteiger partial charge in [-0.1, -0.05) is 17.7 Å². The van der Waals surface area contributed by atoms with Gasteiger partial charge in [0.2, 0.25) is 6.23 Å². The van der Waals surface area contributed by atoms with E-state index in [0.717, 1.165) is 34.7 Å². The second-order valence-electron chi connectivity index (χ2n) is 7.43. The van der Waals surface area contributed by atoms with Crippen LogP contribution in [0.15, 0.2) is 65.8 Å². The Kier molecular flexibility index (Phi) is 5.02. The summed E-state index contributed by atoms with van der Waals surface area (Å²) in [6, 6.07) is 16.8.